The van der Waals surface area contributed by atoms with Gasteiger partial charge in [0.05, 0.1) is 13.2 Å². The first-order valence-electron chi connectivity index (χ1n) is 11.3. The normalized spacial score (nSPS) is 12.6. The molecule has 0 aliphatic carbocycles. The van der Waals surface area contributed by atoms with Crippen LogP contribution < -0.4 is 11.5 Å². The Kier molecular flexibility index (Phi) is 21.8. The second-order valence-electron chi connectivity index (χ2n) is 7.72. The first kappa shape index (κ1) is 24.9. The Bertz CT molecular complexity index is 236. The van der Waals surface area contributed by atoms with Crippen molar-refractivity contribution in [2.24, 2.45) is 11.5 Å². The molecule has 1 unspecified atom stereocenters. The Balaban J connectivity index is 3.05. The highest BCUT2D eigenvalue weighted by Crippen LogP contribution is 2.14. The minimum absolute atomic E-state index is 0.193. The molecule has 0 saturated carbocycles. The average Bonchev–Trinajstić information content (AvgIpc) is 2.61. The summed E-state index contributed by atoms with van der Waals surface area (Å²) in [5.41, 5.74) is 11.4. The van der Waals surface area contributed by atoms with E-state index in [1.807, 2.05) is 0 Å². The van der Waals surface area contributed by atoms with E-state index in [1.165, 1.54) is 103 Å². The summed E-state index contributed by atoms with van der Waals surface area (Å²) in [6.45, 7) is 4.17. The second kappa shape index (κ2) is 21.9. The summed E-state index contributed by atoms with van der Waals surface area (Å²) in [6.07, 6.45) is 23.7. The molecule has 0 rings (SSSR count). The molecule has 0 spiro atoms. The van der Waals surface area contributed by atoms with E-state index in [1.54, 1.807) is 0 Å². The van der Waals surface area contributed by atoms with Crippen molar-refractivity contribution in [3.05, 3.63) is 0 Å². The van der Waals surface area contributed by atoms with Gasteiger partial charge in [-0.2, -0.15) is 0 Å². The van der Waals surface area contributed by atoms with E-state index in [4.69, 9.17) is 16.2 Å². The molecule has 0 saturated heterocycles. The van der Waals surface area contributed by atoms with Crippen molar-refractivity contribution in [1.82, 2.24) is 0 Å². The maximum Gasteiger partial charge on any atom is 0.0618 e. The maximum absolute atomic E-state index is 6.01. The van der Waals surface area contributed by atoms with Crippen LogP contribution >= 0.6 is 0 Å². The van der Waals surface area contributed by atoms with Crippen LogP contribution in [0.3, 0.4) is 0 Å². The Hall–Kier alpha value is -0.120. The SMILES string of the molecule is CCCCCCCCCCCCCCCCCCC(N)COCCN. The number of nitrogens with two attached hydrogens (primary N) is 2. The van der Waals surface area contributed by atoms with Gasteiger partial charge < -0.3 is 16.2 Å². The Morgan fingerprint density at radius 1 is 0.640 bits per heavy atom. The molecule has 0 aromatic carbocycles. The van der Waals surface area contributed by atoms with E-state index in [0.29, 0.717) is 19.8 Å². The topological polar surface area (TPSA) is 61.3 Å². The summed E-state index contributed by atoms with van der Waals surface area (Å²) in [6, 6.07) is 0.193. The third-order valence-electron chi connectivity index (χ3n) is 5.02. The van der Waals surface area contributed by atoms with E-state index < -0.39 is 0 Å². The average molecular weight is 357 g/mol. The van der Waals surface area contributed by atoms with Gasteiger partial charge in [-0.25, -0.2) is 0 Å². The van der Waals surface area contributed by atoms with E-state index in [-0.39, 0.29) is 6.04 Å². The fourth-order valence-electron chi connectivity index (χ4n) is 3.36. The molecule has 1 atom stereocenters. The lowest BCUT2D eigenvalue weighted by molar-refractivity contribution is 0.125. The fourth-order valence-corrected chi connectivity index (χ4v) is 3.36. The Morgan fingerprint density at radius 3 is 1.44 bits per heavy atom. The van der Waals surface area contributed by atoms with Crippen LogP contribution in [0.25, 0.3) is 0 Å². The van der Waals surface area contributed by atoms with Gasteiger partial charge in [-0.15, -0.1) is 0 Å². The number of ether oxygens (including phenoxy) is 1. The monoisotopic (exact) mass is 356 g/mol. The lowest BCUT2D eigenvalue weighted by Gasteiger charge is -2.11. The maximum atomic E-state index is 6.01. The van der Waals surface area contributed by atoms with E-state index in [9.17, 15) is 0 Å². The summed E-state index contributed by atoms with van der Waals surface area (Å²) in [4.78, 5) is 0. The highest BCUT2D eigenvalue weighted by Gasteiger charge is 2.02. The molecule has 0 amide bonds. The predicted molar refractivity (Wildman–Crippen MR) is 112 cm³/mol. The Morgan fingerprint density at radius 2 is 1.04 bits per heavy atom. The molecule has 0 aliphatic rings. The van der Waals surface area contributed by atoms with E-state index in [0.717, 1.165) is 6.42 Å². The zero-order chi connectivity index (χ0) is 18.4. The van der Waals surface area contributed by atoms with E-state index in [2.05, 4.69) is 6.92 Å². The molecular formula is C22H48N2O. The third-order valence-corrected chi connectivity index (χ3v) is 5.02. The van der Waals surface area contributed by atoms with Crippen molar-refractivity contribution in [3.8, 4) is 0 Å². The molecule has 4 N–H and O–H groups in total. The molecule has 0 aliphatic heterocycles. The van der Waals surface area contributed by atoms with Crippen molar-refractivity contribution >= 4 is 0 Å². The van der Waals surface area contributed by atoms with Crippen LogP contribution in [-0.2, 0) is 4.74 Å². The number of unbranched alkanes of at least 4 members (excludes halogenated alkanes) is 15. The van der Waals surface area contributed by atoms with Crippen LogP contribution in [0.1, 0.15) is 116 Å². The van der Waals surface area contributed by atoms with Gasteiger partial charge in [0.2, 0.25) is 0 Å². The summed E-state index contributed by atoms with van der Waals surface area (Å²) in [5, 5.41) is 0. The highest BCUT2D eigenvalue weighted by atomic mass is 16.5. The fraction of sp³-hybridized carbons (Fsp3) is 1.00. The van der Waals surface area contributed by atoms with Crippen molar-refractivity contribution in [3.63, 3.8) is 0 Å². The molecule has 0 fully saturated rings. The largest absolute Gasteiger partial charge is 0.379 e. The minimum Gasteiger partial charge on any atom is -0.379 e. The standard InChI is InChI=1S/C22H48N2O/c1-2-3-4-5-6-7-8-9-10-11-12-13-14-15-16-17-18-22(24)21-25-20-19-23/h22H,2-21,23-24H2,1H3. The van der Waals surface area contributed by atoms with Gasteiger partial charge >= 0.3 is 0 Å². The lowest BCUT2D eigenvalue weighted by Crippen LogP contribution is -2.27. The molecule has 25 heavy (non-hydrogen) atoms. The van der Waals surface area contributed by atoms with Crippen LogP contribution in [0.4, 0.5) is 0 Å². The Labute approximate surface area is 158 Å². The lowest BCUT2D eigenvalue weighted by atomic mass is 10.0. The van der Waals surface area contributed by atoms with Gasteiger partial charge in [-0.1, -0.05) is 110 Å². The molecule has 0 aromatic rings. The number of hydrogen-bond donors (Lipinski definition) is 2. The molecule has 0 heterocycles. The summed E-state index contributed by atoms with van der Waals surface area (Å²) in [7, 11) is 0. The molecule has 3 heteroatoms. The first-order valence-corrected chi connectivity index (χ1v) is 11.3. The van der Waals surface area contributed by atoms with E-state index >= 15 is 0 Å². The zero-order valence-electron chi connectivity index (χ0n) is 17.3. The highest BCUT2D eigenvalue weighted by molar-refractivity contribution is 4.60. The molecule has 0 radical (unpaired) electrons. The number of rotatable bonds is 21. The van der Waals surface area contributed by atoms with Crippen molar-refractivity contribution in [1.29, 1.82) is 0 Å². The number of hydrogen-bond acceptors (Lipinski definition) is 3. The van der Waals surface area contributed by atoms with Crippen molar-refractivity contribution in [2.75, 3.05) is 19.8 Å². The van der Waals surface area contributed by atoms with Crippen LogP contribution in [0, 0.1) is 0 Å². The van der Waals surface area contributed by atoms with Gasteiger partial charge in [0.15, 0.2) is 0 Å². The van der Waals surface area contributed by atoms with Crippen molar-refractivity contribution in [2.45, 2.75) is 122 Å². The van der Waals surface area contributed by atoms with Crippen LogP contribution in [0.15, 0.2) is 0 Å². The molecule has 0 aromatic heterocycles. The molecule has 0 bridgehead atoms. The van der Waals surface area contributed by atoms with Crippen molar-refractivity contribution < 1.29 is 4.74 Å². The summed E-state index contributed by atoms with van der Waals surface area (Å²) >= 11 is 0. The quantitative estimate of drug-likeness (QED) is 0.250. The van der Waals surface area contributed by atoms with Crippen LogP contribution in [0.2, 0.25) is 0 Å². The third kappa shape index (κ3) is 21.8. The van der Waals surface area contributed by atoms with Crippen LogP contribution in [0.5, 0.6) is 0 Å². The predicted octanol–water partition coefficient (Wildman–Crippen LogP) is 5.94. The van der Waals surface area contributed by atoms with Gasteiger partial charge in [0, 0.05) is 12.6 Å². The van der Waals surface area contributed by atoms with Gasteiger partial charge in [-0.05, 0) is 6.42 Å². The van der Waals surface area contributed by atoms with Gasteiger partial charge in [0.25, 0.3) is 0 Å². The zero-order valence-corrected chi connectivity index (χ0v) is 17.3. The van der Waals surface area contributed by atoms with Gasteiger partial charge in [0.1, 0.15) is 0 Å². The minimum atomic E-state index is 0.193. The first-order chi connectivity index (χ1) is 12.3. The van der Waals surface area contributed by atoms with Gasteiger partial charge in [-0.3, -0.25) is 0 Å². The van der Waals surface area contributed by atoms with Crippen LogP contribution in [-0.4, -0.2) is 25.8 Å². The smallest absolute Gasteiger partial charge is 0.0618 e. The summed E-state index contributed by atoms with van der Waals surface area (Å²) < 4.78 is 5.37. The molecular weight excluding hydrogens is 308 g/mol. The molecule has 152 valence electrons. The second-order valence-corrected chi connectivity index (χ2v) is 7.72. The molecule has 3 nitrogen and oxygen atoms in total. The summed E-state index contributed by atoms with van der Waals surface area (Å²) in [5.74, 6) is 0.